The molecule has 2 atom stereocenters. The van der Waals surface area contributed by atoms with Gasteiger partial charge < -0.3 is 15.7 Å². The van der Waals surface area contributed by atoms with E-state index in [2.05, 4.69) is 29.5 Å². The molecular weight excluding hydrogens is 322 g/mol. The molecule has 1 aromatic carbocycles. The van der Waals surface area contributed by atoms with Crippen LogP contribution in [0, 0.1) is 0 Å². The summed E-state index contributed by atoms with van der Waals surface area (Å²) >= 11 is 1.60. The highest BCUT2D eigenvalue weighted by Gasteiger charge is 2.17. The van der Waals surface area contributed by atoms with Gasteiger partial charge in [-0.15, -0.1) is 11.3 Å². The second-order valence-corrected chi connectivity index (χ2v) is 6.63. The van der Waals surface area contributed by atoms with Crippen molar-refractivity contribution in [3.8, 4) is 0 Å². The summed E-state index contributed by atoms with van der Waals surface area (Å²) < 4.78 is 0. The fourth-order valence-corrected chi connectivity index (χ4v) is 3.22. The fourth-order valence-electron chi connectivity index (χ4n) is 2.38. The van der Waals surface area contributed by atoms with Crippen LogP contribution in [0.2, 0.25) is 0 Å². The van der Waals surface area contributed by atoms with Gasteiger partial charge in [-0.05, 0) is 30.9 Å². The van der Waals surface area contributed by atoms with E-state index in [0.29, 0.717) is 0 Å². The van der Waals surface area contributed by atoms with Crippen LogP contribution in [0.25, 0.3) is 0 Å². The Morgan fingerprint density at radius 1 is 1.21 bits per heavy atom. The highest BCUT2D eigenvalue weighted by atomic mass is 32.1. The van der Waals surface area contributed by atoms with Gasteiger partial charge in [-0.1, -0.05) is 38.1 Å². The minimum absolute atomic E-state index is 0.149. The van der Waals surface area contributed by atoms with Gasteiger partial charge in [0.1, 0.15) is 0 Å². The number of carbonyl (C=O) groups is 1. The van der Waals surface area contributed by atoms with E-state index in [9.17, 15) is 9.90 Å². The summed E-state index contributed by atoms with van der Waals surface area (Å²) in [6.07, 6.45) is 1.85. The predicted octanol–water partition coefficient (Wildman–Crippen LogP) is 3.36. The number of hydrogen-bond acceptors (Lipinski definition) is 4. The van der Waals surface area contributed by atoms with Gasteiger partial charge in [0.2, 0.25) is 0 Å². The number of aliphatic hydroxyl groups is 1. The van der Waals surface area contributed by atoms with Gasteiger partial charge in [0.15, 0.2) is 0 Å². The summed E-state index contributed by atoms with van der Waals surface area (Å²) in [7, 11) is 0. The molecule has 0 saturated heterocycles. The van der Waals surface area contributed by atoms with E-state index >= 15 is 0 Å². The zero-order chi connectivity index (χ0) is 17.5. The number of urea groups is 1. The summed E-state index contributed by atoms with van der Waals surface area (Å²) in [5.74, 6) is 0. The third-order valence-corrected chi connectivity index (χ3v) is 4.95. The molecule has 1 heterocycles. The van der Waals surface area contributed by atoms with Crippen LogP contribution in [0.1, 0.15) is 54.7 Å². The highest BCUT2D eigenvalue weighted by Crippen LogP contribution is 2.18. The minimum atomic E-state index is -0.426. The summed E-state index contributed by atoms with van der Waals surface area (Å²) in [5.41, 5.74) is 2.98. The molecule has 1 aromatic heterocycles. The van der Waals surface area contributed by atoms with Crippen molar-refractivity contribution in [1.82, 2.24) is 15.6 Å². The third-order valence-electron chi connectivity index (χ3n) is 3.94. The smallest absolute Gasteiger partial charge is 0.315 e. The number of nitrogens with zero attached hydrogens (tertiary/aromatic N) is 1. The lowest BCUT2D eigenvalue weighted by atomic mass is 10.0. The maximum Gasteiger partial charge on any atom is 0.315 e. The summed E-state index contributed by atoms with van der Waals surface area (Å²) in [6, 6.07) is 7.00. The number of thiazole rings is 1. The molecular formula is C18H25N3O2S. The van der Waals surface area contributed by atoms with Crippen LogP contribution in [-0.2, 0) is 12.8 Å². The van der Waals surface area contributed by atoms with Crippen LogP contribution in [-0.4, -0.2) is 22.7 Å². The van der Waals surface area contributed by atoms with E-state index in [1.807, 2.05) is 36.6 Å². The van der Waals surface area contributed by atoms with Crippen LogP contribution in [0.3, 0.4) is 0 Å². The van der Waals surface area contributed by atoms with Gasteiger partial charge in [-0.2, -0.15) is 0 Å². The molecule has 2 rings (SSSR count). The fraction of sp³-hybridized carbons (Fsp3) is 0.444. The summed E-state index contributed by atoms with van der Waals surface area (Å²) in [5, 5.41) is 18.3. The van der Waals surface area contributed by atoms with Crippen molar-refractivity contribution in [2.24, 2.45) is 0 Å². The van der Waals surface area contributed by atoms with Gasteiger partial charge in [0, 0.05) is 5.38 Å². The molecule has 0 radical (unpaired) electrons. The quantitative estimate of drug-likeness (QED) is 0.719. The van der Waals surface area contributed by atoms with Gasteiger partial charge in [0.25, 0.3) is 0 Å². The number of rotatable bonds is 7. The van der Waals surface area contributed by atoms with E-state index in [0.717, 1.165) is 29.1 Å². The van der Waals surface area contributed by atoms with Crippen molar-refractivity contribution >= 4 is 17.4 Å². The van der Waals surface area contributed by atoms with Crippen molar-refractivity contribution in [1.29, 1.82) is 0 Å². The average Bonchev–Trinajstić information content (AvgIpc) is 3.09. The maximum atomic E-state index is 12.2. The lowest BCUT2D eigenvalue weighted by Crippen LogP contribution is -2.40. The molecule has 0 aliphatic heterocycles. The zero-order valence-corrected chi connectivity index (χ0v) is 15.2. The Labute approximate surface area is 147 Å². The Hall–Kier alpha value is -1.92. The van der Waals surface area contributed by atoms with E-state index < -0.39 is 6.04 Å². The number of carbonyl (C=O) groups excluding carboxylic acids is 1. The molecule has 3 N–H and O–H groups in total. The lowest BCUT2D eigenvalue weighted by Gasteiger charge is -2.19. The molecule has 0 bridgehead atoms. The SMILES string of the molecule is CCc1ccc(C(CO)NC(=O)NC(C)c2csc(CC)n2)cc1. The normalized spacial score (nSPS) is 13.3. The van der Waals surface area contributed by atoms with Crippen LogP contribution >= 0.6 is 11.3 Å². The van der Waals surface area contributed by atoms with Crippen molar-refractivity contribution in [3.63, 3.8) is 0 Å². The summed E-state index contributed by atoms with van der Waals surface area (Å²) in [6.45, 7) is 5.90. The second kappa shape index (κ2) is 8.80. The van der Waals surface area contributed by atoms with Gasteiger partial charge in [0.05, 0.1) is 29.4 Å². The number of aromatic nitrogens is 1. The second-order valence-electron chi connectivity index (χ2n) is 5.69. The number of aryl methyl sites for hydroxylation is 2. The van der Waals surface area contributed by atoms with E-state index in [4.69, 9.17) is 0 Å². The average molecular weight is 347 g/mol. The van der Waals surface area contributed by atoms with E-state index in [1.54, 1.807) is 11.3 Å². The van der Waals surface area contributed by atoms with E-state index in [1.165, 1.54) is 5.56 Å². The maximum absolute atomic E-state index is 12.2. The molecule has 24 heavy (non-hydrogen) atoms. The van der Waals surface area contributed by atoms with Crippen molar-refractivity contribution in [3.05, 3.63) is 51.5 Å². The van der Waals surface area contributed by atoms with Gasteiger partial charge in [-0.25, -0.2) is 9.78 Å². The van der Waals surface area contributed by atoms with Gasteiger partial charge in [-0.3, -0.25) is 0 Å². The van der Waals surface area contributed by atoms with Crippen LogP contribution < -0.4 is 10.6 Å². The lowest BCUT2D eigenvalue weighted by molar-refractivity contribution is 0.214. The molecule has 0 aliphatic rings. The van der Waals surface area contributed by atoms with Crippen LogP contribution in [0.4, 0.5) is 4.79 Å². The molecule has 5 nitrogen and oxygen atoms in total. The first-order chi connectivity index (χ1) is 11.6. The first-order valence-electron chi connectivity index (χ1n) is 8.28. The van der Waals surface area contributed by atoms with Crippen LogP contribution in [0.15, 0.2) is 29.6 Å². The third kappa shape index (κ3) is 4.79. The molecule has 130 valence electrons. The largest absolute Gasteiger partial charge is 0.394 e. The van der Waals surface area contributed by atoms with Crippen LogP contribution in [0.5, 0.6) is 0 Å². The first-order valence-corrected chi connectivity index (χ1v) is 9.16. The van der Waals surface area contributed by atoms with Crippen molar-refractivity contribution in [2.45, 2.75) is 45.7 Å². The first kappa shape index (κ1) is 18.4. The molecule has 2 aromatic rings. The number of amides is 2. The monoisotopic (exact) mass is 347 g/mol. The topological polar surface area (TPSA) is 74.2 Å². The Balaban J connectivity index is 1.95. The van der Waals surface area contributed by atoms with E-state index in [-0.39, 0.29) is 18.7 Å². The predicted molar refractivity (Wildman–Crippen MR) is 97.2 cm³/mol. The minimum Gasteiger partial charge on any atom is -0.394 e. The molecule has 0 aliphatic carbocycles. The molecule has 2 amide bonds. The highest BCUT2D eigenvalue weighted by molar-refractivity contribution is 7.09. The molecule has 0 fully saturated rings. The summed E-state index contributed by atoms with van der Waals surface area (Å²) in [4.78, 5) is 16.7. The van der Waals surface area contributed by atoms with Gasteiger partial charge >= 0.3 is 6.03 Å². The van der Waals surface area contributed by atoms with Crippen molar-refractivity contribution in [2.75, 3.05) is 6.61 Å². The molecule has 2 unspecified atom stereocenters. The number of nitrogens with one attached hydrogen (secondary N) is 2. The molecule has 0 spiro atoms. The number of benzene rings is 1. The Kier molecular flexibility index (Phi) is 6.75. The molecule has 6 heteroatoms. The van der Waals surface area contributed by atoms with Crippen molar-refractivity contribution < 1.29 is 9.90 Å². The Bertz CT molecular complexity index is 655. The Morgan fingerprint density at radius 2 is 1.92 bits per heavy atom. The zero-order valence-electron chi connectivity index (χ0n) is 14.4. The molecule has 0 saturated carbocycles. The standard InChI is InChI=1S/C18H25N3O2S/c1-4-13-6-8-14(9-7-13)15(10-22)21-18(23)19-12(3)16-11-24-17(5-2)20-16/h6-9,11-12,15,22H,4-5,10H2,1-3H3,(H2,19,21,23). The number of hydrogen-bond donors (Lipinski definition) is 3. The Morgan fingerprint density at radius 3 is 2.46 bits per heavy atom. The number of aliphatic hydroxyl groups excluding tert-OH is 1.